The maximum atomic E-state index is 12.3. The first-order chi connectivity index (χ1) is 9.61. The molecule has 1 aliphatic carbocycles. The van der Waals surface area contributed by atoms with Crippen LogP contribution in [0.3, 0.4) is 0 Å². The highest BCUT2D eigenvalue weighted by Crippen LogP contribution is 2.27. The van der Waals surface area contributed by atoms with Crippen LogP contribution in [0.4, 0.5) is 0 Å². The van der Waals surface area contributed by atoms with Crippen molar-refractivity contribution >= 4 is 5.91 Å². The zero-order valence-electron chi connectivity index (χ0n) is 12.3. The SMILES string of the molecule is COc1ccccc1C(C)NC(=O)C1CCC(N)CC1. The van der Waals surface area contributed by atoms with Gasteiger partial charge in [0.15, 0.2) is 0 Å². The Hall–Kier alpha value is -1.55. The van der Waals surface area contributed by atoms with Crippen LogP contribution in [0.1, 0.15) is 44.2 Å². The molecule has 0 bridgehead atoms. The smallest absolute Gasteiger partial charge is 0.223 e. The van der Waals surface area contributed by atoms with E-state index in [-0.39, 0.29) is 23.9 Å². The third-order valence-corrected chi connectivity index (χ3v) is 4.11. The summed E-state index contributed by atoms with van der Waals surface area (Å²) in [6, 6.07) is 8.01. The molecule has 0 heterocycles. The summed E-state index contributed by atoms with van der Waals surface area (Å²) in [5.41, 5.74) is 6.89. The van der Waals surface area contributed by atoms with Crippen molar-refractivity contribution in [2.45, 2.75) is 44.7 Å². The lowest BCUT2D eigenvalue weighted by atomic mass is 9.85. The lowest BCUT2D eigenvalue weighted by Gasteiger charge is -2.27. The predicted octanol–water partition coefficient (Wildman–Crippen LogP) is 2.39. The first kappa shape index (κ1) is 14.9. The van der Waals surface area contributed by atoms with Crippen molar-refractivity contribution in [3.8, 4) is 5.75 Å². The third kappa shape index (κ3) is 3.51. The topological polar surface area (TPSA) is 64.3 Å². The Morgan fingerprint density at radius 3 is 2.60 bits per heavy atom. The molecule has 20 heavy (non-hydrogen) atoms. The second-order valence-corrected chi connectivity index (χ2v) is 5.58. The fourth-order valence-electron chi connectivity index (χ4n) is 2.81. The van der Waals surface area contributed by atoms with Crippen molar-refractivity contribution in [2.75, 3.05) is 7.11 Å². The fraction of sp³-hybridized carbons (Fsp3) is 0.562. The number of benzene rings is 1. The minimum Gasteiger partial charge on any atom is -0.496 e. The minimum absolute atomic E-state index is 0.0470. The Bertz CT molecular complexity index is 454. The highest BCUT2D eigenvalue weighted by atomic mass is 16.5. The standard InChI is InChI=1S/C16H24N2O2/c1-11(14-5-3-4-6-15(14)20-2)18-16(19)12-7-9-13(17)10-8-12/h3-6,11-13H,7-10,17H2,1-2H3,(H,18,19). The second-order valence-electron chi connectivity index (χ2n) is 5.58. The highest BCUT2D eigenvalue weighted by Gasteiger charge is 2.26. The summed E-state index contributed by atoms with van der Waals surface area (Å²) < 4.78 is 5.34. The number of carbonyl (C=O) groups is 1. The Morgan fingerprint density at radius 1 is 1.30 bits per heavy atom. The summed E-state index contributed by atoms with van der Waals surface area (Å²) in [7, 11) is 1.65. The van der Waals surface area contributed by atoms with E-state index in [1.165, 1.54) is 0 Å². The van der Waals surface area contributed by atoms with E-state index < -0.39 is 0 Å². The first-order valence-corrected chi connectivity index (χ1v) is 7.30. The zero-order valence-corrected chi connectivity index (χ0v) is 12.3. The van der Waals surface area contributed by atoms with Crippen LogP contribution in [-0.4, -0.2) is 19.1 Å². The molecule has 1 aliphatic rings. The van der Waals surface area contributed by atoms with Crippen molar-refractivity contribution in [2.24, 2.45) is 11.7 Å². The summed E-state index contributed by atoms with van der Waals surface area (Å²) in [4.78, 5) is 12.3. The second kappa shape index (κ2) is 6.75. The Kier molecular flexibility index (Phi) is 5.01. The monoisotopic (exact) mass is 276 g/mol. The van der Waals surface area contributed by atoms with Gasteiger partial charge in [-0.2, -0.15) is 0 Å². The van der Waals surface area contributed by atoms with Gasteiger partial charge in [0.2, 0.25) is 5.91 Å². The zero-order chi connectivity index (χ0) is 14.5. The Balaban J connectivity index is 1.97. The quantitative estimate of drug-likeness (QED) is 0.887. The number of hydrogen-bond acceptors (Lipinski definition) is 3. The van der Waals surface area contributed by atoms with Gasteiger partial charge < -0.3 is 15.8 Å². The lowest BCUT2D eigenvalue weighted by Crippen LogP contribution is -2.37. The summed E-state index contributed by atoms with van der Waals surface area (Å²) in [5, 5.41) is 3.10. The van der Waals surface area contributed by atoms with E-state index in [0.717, 1.165) is 37.0 Å². The van der Waals surface area contributed by atoms with Gasteiger partial charge in [0.05, 0.1) is 13.2 Å². The molecular weight excluding hydrogens is 252 g/mol. The van der Waals surface area contributed by atoms with Crippen LogP contribution >= 0.6 is 0 Å². The number of ether oxygens (including phenoxy) is 1. The van der Waals surface area contributed by atoms with Crippen molar-refractivity contribution in [1.29, 1.82) is 0 Å². The molecule has 0 spiro atoms. The van der Waals surface area contributed by atoms with Crippen LogP contribution in [-0.2, 0) is 4.79 Å². The average molecular weight is 276 g/mol. The molecule has 1 fully saturated rings. The Labute approximate surface area is 120 Å². The van der Waals surface area contributed by atoms with Crippen molar-refractivity contribution in [1.82, 2.24) is 5.32 Å². The molecule has 4 heteroatoms. The Morgan fingerprint density at radius 2 is 1.95 bits per heavy atom. The largest absolute Gasteiger partial charge is 0.496 e. The maximum Gasteiger partial charge on any atom is 0.223 e. The molecular formula is C16H24N2O2. The van der Waals surface area contributed by atoms with Gasteiger partial charge in [0, 0.05) is 17.5 Å². The number of rotatable bonds is 4. The van der Waals surface area contributed by atoms with Crippen LogP contribution in [0, 0.1) is 5.92 Å². The molecule has 3 N–H and O–H groups in total. The molecule has 1 atom stereocenters. The number of amides is 1. The highest BCUT2D eigenvalue weighted by molar-refractivity contribution is 5.79. The van der Waals surface area contributed by atoms with Crippen LogP contribution in [0.5, 0.6) is 5.75 Å². The van der Waals surface area contributed by atoms with E-state index in [1.807, 2.05) is 31.2 Å². The van der Waals surface area contributed by atoms with Crippen molar-refractivity contribution in [3.63, 3.8) is 0 Å². The predicted molar refractivity (Wildman–Crippen MR) is 79.5 cm³/mol. The van der Waals surface area contributed by atoms with Crippen LogP contribution in [0.15, 0.2) is 24.3 Å². The van der Waals surface area contributed by atoms with Gasteiger partial charge in [-0.3, -0.25) is 4.79 Å². The van der Waals surface area contributed by atoms with Crippen molar-refractivity contribution in [3.05, 3.63) is 29.8 Å². The van der Waals surface area contributed by atoms with Crippen LogP contribution < -0.4 is 15.8 Å². The number of carbonyl (C=O) groups excluding carboxylic acids is 1. The summed E-state index contributed by atoms with van der Waals surface area (Å²) in [6.45, 7) is 1.99. The number of para-hydroxylation sites is 1. The van der Waals surface area contributed by atoms with Gasteiger partial charge in [-0.25, -0.2) is 0 Å². The number of methoxy groups -OCH3 is 1. The molecule has 0 aliphatic heterocycles. The molecule has 0 saturated heterocycles. The van der Waals surface area contributed by atoms with E-state index in [4.69, 9.17) is 10.5 Å². The van der Waals surface area contributed by atoms with E-state index in [1.54, 1.807) is 7.11 Å². The molecule has 0 aromatic heterocycles. The number of hydrogen-bond donors (Lipinski definition) is 2. The molecule has 4 nitrogen and oxygen atoms in total. The lowest BCUT2D eigenvalue weighted by molar-refractivity contribution is -0.126. The molecule has 1 aromatic carbocycles. The fourth-order valence-corrected chi connectivity index (χ4v) is 2.81. The minimum atomic E-state index is -0.0470. The van der Waals surface area contributed by atoms with Gasteiger partial charge in [-0.15, -0.1) is 0 Å². The molecule has 1 unspecified atom stereocenters. The summed E-state index contributed by atoms with van der Waals surface area (Å²) in [6.07, 6.45) is 3.68. The van der Waals surface area contributed by atoms with Gasteiger partial charge in [0.25, 0.3) is 0 Å². The molecule has 2 rings (SSSR count). The average Bonchev–Trinajstić information content (AvgIpc) is 2.47. The summed E-state index contributed by atoms with van der Waals surface area (Å²) in [5.74, 6) is 1.05. The molecule has 1 saturated carbocycles. The molecule has 110 valence electrons. The summed E-state index contributed by atoms with van der Waals surface area (Å²) >= 11 is 0. The van der Waals surface area contributed by atoms with Gasteiger partial charge in [0.1, 0.15) is 5.75 Å². The molecule has 1 amide bonds. The maximum absolute atomic E-state index is 12.3. The van der Waals surface area contributed by atoms with Crippen LogP contribution in [0.2, 0.25) is 0 Å². The van der Waals surface area contributed by atoms with E-state index in [9.17, 15) is 4.79 Å². The van der Waals surface area contributed by atoms with Gasteiger partial charge in [-0.05, 0) is 38.7 Å². The number of nitrogens with one attached hydrogen (secondary N) is 1. The molecule has 0 radical (unpaired) electrons. The van der Waals surface area contributed by atoms with E-state index >= 15 is 0 Å². The van der Waals surface area contributed by atoms with Crippen molar-refractivity contribution < 1.29 is 9.53 Å². The number of nitrogens with two attached hydrogens (primary N) is 1. The first-order valence-electron chi connectivity index (χ1n) is 7.30. The van der Waals surface area contributed by atoms with Gasteiger partial charge >= 0.3 is 0 Å². The van der Waals surface area contributed by atoms with Gasteiger partial charge in [-0.1, -0.05) is 18.2 Å². The molecule has 1 aromatic rings. The van der Waals surface area contributed by atoms with E-state index in [0.29, 0.717) is 0 Å². The van der Waals surface area contributed by atoms with Crippen LogP contribution in [0.25, 0.3) is 0 Å². The third-order valence-electron chi connectivity index (χ3n) is 4.11. The van der Waals surface area contributed by atoms with E-state index in [2.05, 4.69) is 5.32 Å². The normalized spacial score (nSPS) is 23.9.